The zero-order chi connectivity index (χ0) is 15.5. The number of hydrogen-bond donors (Lipinski definition) is 2. The van der Waals surface area contributed by atoms with Crippen molar-refractivity contribution in [3.05, 3.63) is 0 Å². The maximum atomic E-state index is 11.1. The molecule has 0 aromatic heterocycles. The van der Waals surface area contributed by atoms with Gasteiger partial charge in [-0.15, -0.1) is 0 Å². The van der Waals surface area contributed by atoms with Crippen molar-refractivity contribution in [3.8, 4) is 0 Å². The smallest absolute Gasteiger partial charge is 0.314 e. The van der Waals surface area contributed by atoms with Crippen LogP contribution in [0.1, 0.15) is 26.7 Å². The molecule has 0 aromatic carbocycles. The predicted octanol–water partition coefficient (Wildman–Crippen LogP) is 1.07. The number of hydrogen-bond acceptors (Lipinski definition) is 4. The first-order valence-electron chi connectivity index (χ1n) is 7.99. The molecule has 124 valence electrons. The van der Waals surface area contributed by atoms with Crippen molar-refractivity contribution in [2.75, 3.05) is 53.0 Å². The highest BCUT2D eigenvalue weighted by Gasteiger charge is 2.20. The molecule has 1 heterocycles. The first-order valence-corrected chi connectivity index (χ1v) is 7.99. The average Bonchev–Trinajstić information content (AvgIpc) is 2.48. The fourth-order valence-corrected chi connectivity index (χ4v) is 2.29. The van der Waals surface area contributed by atoms with Gasteiger partial charge in [-0.25, -0.2) is 4.79 Å². The molecular weight excluding hydrogens is 270 g/mol. The number of carbonyl (C=O) groups excluding carboxylic acids is 1. The molecule has 1 aliphatic rings. The summed E-state index contributed by atoms with van der Waals surface area (Å²) in [6.07, 6.45) is 2.43. The summed E-state index contributed by atoms with van der Waals surface area (Å²) >= 11 is 0. The molecule has 1 unspecified atom stereocenters. The third kappa shape index (κ3) is 8.90. The first-order chi connectivity index (χ1) is 10.1. The molecule has 0 radical (unpaired) electrons. The van der Waals surface area contributed by atoms with E-state index in [0.717, 1.165) is 45.2 Å². The van der Waals surface area contributed by atoms with Crippen LogP contribution in [0.5, 0.6) is 0 Å². The van der Waals surface area contributed by atoms with E-state index in [9.17, 15) is 4.79 Å². The SMILES string of the molecule is CNC(=O)NCC1CN(CCOCCCC(C)C)CCO1. The molecule has 1 fully saturated rings. The van der Waals surface area contributed by atoms with Crippen LogP contribution in [0.2, 0.25) is 0 Å². The fourth-order valence-electron chi connectivity index (χ4n) is 2.29. The molecule has 21 heavy (non-hydrogen) atoms. The van der Waals surface area contributed by atoms with E-state index in [2.05, 4.69) is 29.4 Å². The van der Waals surface area contributed by atoms with Gasteiger partial charge >= 0.3 is 6.03 Å². The second-order valence-corrected chi connectivity index (χ2v) is 5.90. The molecule has 0 bridgehead atoms. The fraction of sp³-hybridized carbons (Fsp3) is 0.933. The molecule has 6 heteroatoms. The average molecular weight is 301 g/mol. The molecule has 0 saturated carbocycles. The lowest BCUT2D eigenvalue weighted by Gasteiger charge is -2.32. The number of rotatable bonds is 9. The Labute approximate surface area is 128 Å². The third-order valence-electron chi connectivity index (χ3n) is 3.56. The second kappa shape index (κ2) is 10.8. The van der Waals surface area contributed by atoms with Gasteiger partial charge < -0.3 is 20.1 Å². The van der Waals surface area contributed by atoms with Crippen LogP contribution in [0.4, 0.5) is 4.79 Å². The van der Waals surface area contributed by atoms with Crippen molar-refractivity contribution in [2.45, 2.75) is 32.8 Å². The molecule has 1 aliphatic heterocycles. The normalized spacial score (nSPS) is 19.7. The van der Waals surface area contributed by atoms with Crippen molar-refractivity contribution in [2.24, 2.45) is 5.92 Å². The number of amides is 2. The molecule has 2 amide bonds. The van der Waals surface area contributed by atoms with Crippen molar-refractivity contribution < 1.29 is 14.3 Å². The number of nitrogens with one attached hydrogen (secondary N) is 2. The zero-order valence-electron chi connectivity index (χ0n) is 13.7. The maximum absolute atomic E-state index is 11.1. The summed E-state index contributed by atoms with van der Waals surface area (Å²) in [5, 5.41) is 5.32. The minimum atomic E-state index is -0.163. The van der Waals surface area contributed by atoms with Crippen LogP contribution in [0, 0.1) is 5.92 Å². The summed E-state index contributed by atoms with van der Waals surface area (Å²) in [7, 11) is 1.61. The minimum Gasteiger partial charge on any atom is -0.380 e. The molecule has 6 nitrogen and oxygen atoms in total. The lowest BCUT2D eigenvalue weighted by molar-refractivity contribution is -0.0339. The van der Waals surface area contributed by atoms with Crippen LogP contribution in [0.25, 0.3) is 0 Å². The Morgan fingerprint density at radius 1 is 1.43 bits per heavy atom. The van der Waals surface area contributed by atoms with E-state index in [0.29, 0.717) is 13.2 Å². The summed E-state index contributed by atoms with van der Waals surface area (Å²) in [5.74, 6) is 0.751. The maximum Gasteiger partial charge on any atom is 0.314 e. The Morgan fingerprint density at radius 3 is 2.95 bits per heavy atom. The standard InChI is InChI=1S/C15H31N3O3/c1-13(2)5-4-8-20-9-6-18-7-10-21-14(12-18)11-17-15(19)16-3/h13-14H,4-12H2,1-3H3,(H2,16,17,19). The lowest BCUT2D eigenvalue weighted by Crippen LogP contribution is -2.49. The number of nitrogens with zero attached hydrogens (tertiary/aromatic N) is 1. The zero-order valence-corrected chi connectivity index (χ0v) is 13.7. The van der Waals surface area contributed by atoms with E-state index in [4.69, 9.17) is 9.47 Å². The third-order valence-corrected chi connectivity index (χ3v) is 3.56. The Morgan fingerprint density at radius 2 is 2.24 bits per heavy atom. The Hall–Kier alpha value is -0.850. The van der Waals surface area contributed by atoms with E-state index < -0.39 is 0 Å². The van der Waals surface area contributed by atoms with Crippen molar-refractivity contribution in [1.82, 2.24) is 15.5 Å². The van der Waals surface area contributed by atoms with Gasteiger partial charge in [-0.1, -0.05) is 13.8 Å². The highest BCUT2D eigenvalue weighted by atomic mass is 16.5. The lowest BCUT2D eigenvalue weighted by atomic mass is 10.1. The molecule has 1 rings (SSSR count). The number of carbonyl (C=O) groups is 1. The van der Waals surface area contributed by atoms with Gasteiger partial charge in [-0.3, -0.25) is 4.90 Å². The Kier molecular flexibility index (Phi) is 9.37. The van der Waals surface area contributed by atoms with Gasteiger partial charge in [-0.2, -0.15) is 0 Å². The van der Waals surface area contributed by atoms with Crippen molar-refractivity contribution in [1.29, 1.82) is 0 Å². The van der Waals surface area contributed by atoms with Crippen LogP contribution < -0.4 is 10.6 Å². The van der Waals surface area contributed by atoms with E-state index in [1.165, 1.54) is 6.42 Å². The summed E-state index contributed by atoms with van der Waals surface area (Å²) in [6, 6.07) is -0.163. The summed E-state index contributed by atoms with van der Waals surface area (Å²) in [6.45, 7) is 10.1. The topological polar surface area (TPSA) is 62.8 Å². The van der Waals surface area contributed by atoms with Gasteiger partial charge in [0, 0.05) is 39.8 Å². The largest absolute Gasteiger partial charge is 0.380 e. The monoisotopic (exact) mass is 301 g/mol. The van der Waals surface area contributed by atoms with Crippen LogP contribution in [0.3, 0.4) is 0 Å². The molecule has 1 saturated heterocycles. The molecule has 0 aliphatic carbocycles. The van der Waals surface area contributed by atoms with Crippen LogP contribution in [0.15, 0.2) is 0 Å². The van der Waals surface area contributed by atoms with E-state index in [-0.39, 0.29) is 12.1 Å². The highest BCUT2D eigenvalue weighted by molar-refractivity contribution is 5.73. The van der Waals surface area contributed by atoms with Gasteiger partial charge in [0.15, 0.2) is 0 Å². The van der Waals surface area contributed by atoms with Crippen LogP contribution >= 0.6 is 0 Å². The predicted molar refractivity (Wildman–Crippen MR) is 83.5 cm³/mol. The Bertz CT molecular complexity index is 287. The van der Waals surface area contributed by atoms with Crippen LogP contribution in [-0.2, 0) is 9.47 Å². The van der Waals surface area contributed by atoms with E-state index in [1.807, 2.05) is 0 Å². The molecule has 1 atom stereocenters. The summed E-state index contributed by atoms with van der Waals surface area (Å²) in [4.78, 5) is 13.5. The summed E-state index contributed by atoms with van der Waals surface area (Å²) in [5.41, 5.74) is 0. The van der Waals surface area contributed by atoms with Gasteiger partial charge in [-0.05, 0) is 18.8 Å². The van der Waals surface area contributed by atoms with Gasteiger partial charge in [0.1, 0.15) is 0 Å². The second-order valence-electron chi connectivity index (χ2n) is 5.90. The van der Waals surface area contributed by atoms with E-state index in [1.54, 1.807) is 7.05 Å². The molecule has 0 spiro atoms. The Balaban J connectivity index is 2.05. The summed E-state index contributed by atoms with van der Waals surface area (Å²) < 4.78 is 11.3. The number of urea groups is 1. The quantitative estimate of drug-likeness (QED) is 0.625. The minimum absolute atomic E-state index is 0.0667. The van der Waals surface area contributed by atoms with Gasteiger partial charge in [0.25, 0.3) is 0 Å². The van der Waals surface area contributed by atoms with Gasteiger partial charge in [0.05, 0.1) is 19.3 Å². The van der Waals surface area contributed by atoms with Crippen molar-refractivity contribution >= 4 is 6.03 Å². The number of morpholine rings is 1. The molecule has 2 N–H and O–H groups in total. The van der Waals surface area contributed by atoms with E-state index >= 15 is 0 Å². The van der Waals surface area contributed by atoms with Gasteiger partial charge in [0.2, 0.25) is 0 Å². The first kappa shape index (κ1) is 18.2. The highest BCUT2D eigenvalue weighted by Crippen LogP contribution is 2.05. The molecule has 0 aromatic rings. The number of ether oxygens (including phenoxy) is 2. The van der Waals surface area contributed by atoms with Crippen molar-refractivity contribution in [3.63, 3.8) is 0 Å². The molecular formula is C15H31N3O3. The van der Waals surface area contributed by atoms with Crippen LogP contribution in [-0.4, -0.2) is 70.1 Å².